The Kier molecular flexibility index (Phi) is 5.03. The minimum Gasteiger partial charge on any atom is -0.381 e. The van der Waals surface area contributed by atoms with Crippen molar-refractivity contribution in [2.24, 2.45) is 0 Å². The lowest BCUT2D eigenvalue weighted by molar-refractivity contribution is 0.112. The highest BCUT2D eigenvalue weighted by Crippen LogP contribution is 2.02. The van der Waals surface area contributed by atoms with E-state index in [1.807, 2.05) is 0 Å². The van der Waals surface area contributed by atoms with Gasteiger partial charge in [0.1, 0.15) is 0 Å². The number of hydrogen-bond donors (Lipinski definition) is 1. The Labute approximate surface area is 101 Å². The zero-order valence-corrected chi connectivity index (χ0v) is 10.6. The summed E-state index contributed by atoms with van der Waals surface area (Å²) >= 11 is 2.24. The molecular formula is C9H13IN2O3. The van der Waals surface area contributed by atoms with Gasteiger partial charge in [-0.25, -0.2) is 4.79 Å². The van der Waals surface area contributed by atoms with Crippen LogP contribution in [-0.4, -0.2) is 27.2 Å². The van der Waals surface area contributed by atoms with Crippen molar-refractivity contribution < 1.29 is 4.74 Å². The molecule has 0 fully saturated rings. The molecule has 1 aromatic heterocycles. The second kappa shape index (κ2) is 6.06. The monoisotopic (exact) mass is 324 g/mol. The first-order valence-electron chi connectivity index (χ1n) is 4.56. The van der Waals surface area contributed by atoms with Gasteiger partial charge in [-0.1, -0.05) is 22.6 Å². The predicted molar refractivity (Wildman–Crippen MR) is 65.6 cm³/mol. The summed E-state index contributed by atoms with van der Waals surface area (Å²) in [5.41, 5.74) is -0.737. The molecule has 1 heterocycles. The number of H-pyrrole nitrogens is 1. The quantitative estimate of drug-likeness (QED) is 0.629. The molecular weight excluding hydrogens is 311 g/mol. The third-order valence-electron chi connectivity index (χ3n) is 2.09. The van der Waals surface area contributed by atoms with Gasteiger partial charge in [0.2, 0.25) is 0 Å². The van der Waals surface area contributed by atoms with Crippen LogP contribution in [0.5, 0.6) is 0 Å². The van der Waals surface area contributed by atoms with Gasteiger partial charge in [-0.2, -0.15) is 0 Å². The summed E-state index contributed by atoms with van der Waals surface area (Å²) in [7, 11) is 1.65. The largest absolute Gasteiger partial charge is 0.381 e. The molecule has 0 aliphatic carbocycles. The number of rotatable bonds is 5. The molecule has 84 valence electrons. The molecule has 1 unspecified atom stereocenters. The van der Waals surface area contributed by atoms with Gasteiger partial charge in [-0.3, -0.25) is 9.78 Å². The number of nitrogens with zero attached hydrogens (tertiary/aromatic N) is 1. The molecule has 0 bridgehead atoms. The zero-order chi connectivity index (χ0) is 11.3. The molecule has 0 aliphatic heterocycles. The van der Waals surface area contributed by atoms with E-state index in [1.165, 1.54) is 16.8 Å². The molecule has 15 heavy (non-hydrogen) atoms. The van der Waals surface area contributed by atoms with Crippen molar-refractivity contribution in [2.45, 2.75) is 19.1 Å². The second-order valence-electron chi connectivity index (χ2n) is 3.10. The van der Waals surface area contributed by atoms with E-state index in [9.17, 15) is 9.59 Å². The maximum Gasteiger partial charge on any atom is 0.328 e. The van der Waals surface area contributed by atoms with Crippen molar-refractivity contribution in [3.63, 3.8) is 0 Å². The molecule has 0 amide bonds. The van der Waals surface area contributed by atoms with Crippen molar-refractivity contribution in [3.05, 3.63) is 33.1 Å². The van der Waals surface area contributed by atoms with Gasteiger partial charge in [-0.15, -0.1) is 0 Å². The van der Waals surface area contributed by atoms with Gasteiger partial charge < -0.3 is 9.30 Å². The molecule has 6 heteroatoms. The van der Waals surface area contributed by atoms with Crippen LogP contribution in [0.15, 0.2) is 21.9 Å². The second-order valence-corrected chi connectivity index (χ2v) is 3.99. The van der Waals surface area contributed by atoms with Gasteiger partial charge in [0.05, 0.1) is 6.10 Å². The molecule has 1 rings (SSSR count). The lowest BCUT2D eigenvalue weighted by Gasteiger charge is -2.12. The Morgan fingerprint density at radius 3 is 2.87 bits per heavy atom. The van der Waals surface area contributed by atoms with Crippen molar-refractivity contribution in [1.29, 1.82) is 0 Å². The zero-order valence-electron chi connectivity index (χ0n) is 8.40. The summed E-state index contributed by atoms with van der Waals surface area (Å²) in [5, 5.41) is 0. The molecule has 1 aromatic rings. The van der Waals surface area contributed by atoms with Crippen LogP contribution < -0.4 is 11.2 Å². The number of alkyl halides is 1. The SMILES string of the molecule is COC(CI)CCn1ccc(=O)[nH]c1=O. The molecule has 0 aliphatic rings. The summed E-state index contributed by atoms with van der Waals surface area (Å²) in [5.74, 6) is 0. The summed E-state index contributed by atoms with van der Waals surface area (Å²) in [4.78, 5) is 24.3. The van der Waals surface area contributed by atoms with Crippen LogP contribution in [0.3, 0.4) is 0 Å². The topological polar surface area (TPSA) is 64.1 Å². The molecule has 5 nitrogen and oxygen atoms in total. The van der Waals surface area contributed by atoms with E-state index in [0.717, 1.165) is 10.8 Å². The molecule has 0 radical (unpaired) electrons. The van der Waals surface area contributed by atoms with Gasteiger partial charge in [0.15, 0.2) is 0 Å². The normalized spacial score (nSPS) is 12.7. The molecule has 0 saturated heterocycles. The number of nitrogens with one attached hydrogen (secondary N) is 1. The van der Waals surface area contributed by atoms with Gasteiger partial charge >= 0.3 is 5.69 Å². The lowest BCUT2D eigenvalue weighted by atomic mass is 10.3. The number of aryl methyl sites for hydroxylation is 1. The Balaban J connectivity index is 2.65. The Hall–Kier alpha value is -0.630. The molecule has 1 atom stereocenters. The maximum atomic E-state index is 11.3. The van der Waals surface area contributed by atoms with Crippen LogP contribution in [-0.2, 0) is 11.3 Å². The maximum absolute atomic E-state index is 11.3. The molecule has 0 saturated carbocycles. The van der Waals surface area contributed by atoms with Gasteiger partial charge in [0.25, 0.3) is 5.56 Å². The van der Waals surface area contributed by atoms with Crippen molar-refractivity contribution in [1.82, 2.24) is 9.55 Å². The highest BCUT2D eigenvalue weighted by molar-refractivity contribution is 14.1. The minimum absolute atomic E-state index is 0.143. The van der Waals surface area contributed by atoms with Crippen molar-refractivity contribution in [2.75, 3.05) is 11.5 Å². The van der Waals surface area contributed by atoms with E-state index < -0.39 is 0 Å². The number of aromatic nitrogens is 2. The average Bonchev–Trinajstić information content (AvgIpc) is 2.22. The van der Waals surface area contributed by atoms with E-state index in [2.05, 4.69) is 27.6 Å². The van der Waals surface area contributed by atoms with E-state index in [-0.39, 0.29) is 17.4 Å². The standard InChI is InChI=1S/C9H13IN2O3/c1-15-7(6-10)2-4-12-5-3-8(13)11-9(12)14/h3,5,7H,2,4,6H2,1H3,(H,11,13,14). The third-order valence-corrected chi connectivity index (χ3v) is 3.08. The fraction of sp³-hybridized carbons (Fsp3) is 0.556. The fourth-order valence-electron chi connectivity index (χ4n) is 1.16. The van der Waals surface area contributed by atoms with Crippen molar-refractivity contribution in [3.8, 4) is 0 Å². The lowest BCUT2D eigenvalue weighted by Crippen LogP contribution is -2.30. The Bertz CT molecular complexity index is 408. The third kappa shape index (κ3) is 3.78. The summed E-state index contributed by atoms with van der Waals surface area (Å²) in [6, 6.07) is 1.34. The highest BCUT2D eigenvalue weighted by Gasteiger charge is 2.05. The Morgan fingerprint density at radius 1 is 1.60 bits per heavy atom. The van der Waals surface area contributed by atoms with Crippen LogP contribution in [0.25, 0.3) is 0 Å². The fourth-order valence-corrected chi connectivity index (χ4v) is 1.96. The van der Waals surface area contributed by atoms with E-state index in [0.29, 0.717) is 6.54 Å². The number of halogens is 1. The Morgan fingerprint density at radius 2 is 2.33 bits per heavy atom. The summed E-state index contributed by atoms with van der Waals surface area (Å²) < 4.78 is 7.54. The van der Waals surface area contributed by atoms with Crippen molar-refractivity contribution >= 4 is 22.6 Å². The number of aromatic amines is 1. The van der Waals surface area contributed by atoms with Crippen LogP contribution in [0.4, 0.5) is 0 Å². The van der Waals surface area contributed by atoms with Crippen LogP contribution in [0.1, 0.15) is 6.42 Å². The van der Waals surface area contributed by atoms with Gasteiger partial charge in [-0.05, 0) is 6.42 Å². The van der Waals surface area contributed by atoms with Crippen LogP contribution in [0.2, 0.25) is 0 Å². The molecule has 0 aromatic carbocycles. The first-order chi connectivity index (χ1) is 7.17. The van der Waals surface area contributed by atoms with Crippen LogP contribution in [0, 0.1) is 0 Å². The van der Waals surface area contributed by atoms with E-state index >= 15 is 0 Å². The first kappa shape index (κ1) is 12.4. The van der Waals surface area contributed by atoms with Crippen LogP contribution >= 0.6 is 22.6 Å². The average molecular weight is 324 g/mol. The van der Waals surface area contributed by atoms with E-state index in [4.69, 9.17) is 4.74 Å². The predicted octanol–water partition coefficient (Wildman–Crippen LogP) is 0.377. The first-order valence-corrected chi connectivity index (χ1v) is 6.08. The summed E-state index contributed by atoms with van der Waals surface area (Å²) in [6.07, 6.45) is 2.40. The molecule has 1 N–H and O–H groups in total. The van der Waals surface area contributed by atoms with Gasteiger partial charge in [0, 0.05) is 30.3 Å². The summed E-state index contributed by atoms with van der Waals surface area (Å²) in [6.45, 7) is 0.553. The number of ether oxygens (including phenoxy) is 1. The number of hydrogen-bond acceptors (Lipinski definition) is 3. The molecule has 0 spiro atoms. The van der Waals surface area contributed by atoms with E-state index in [1.54, 1.807) is 7.11 Å². The smallest absolute Gasteiger partial charge is 0.328 e. The minimum atomic E-state index is -0.370. The number of methoxy groups -OCH3 is 1. The highest BCUT2D eigenvalue weighted by atomic mass is 127.